The number of halogens is 2. The summed E-state index contributed by atoms with van der Waals surface area (Å²) in [5.41, 5.74) is 0. The molecule has 0 aliphatic carbocycles. The Bertz CT molecular complexity index is 253. The molecule has 1 aromatic heterocycles. The number of methoxy groups -OCH3 is 1. The highest BCUT2D eigenvalue weighted by Crippen LogP contribution is 2.01. The van der Waals surface area contributed by atoms with E-state index in [0.29, 0.717) is 5.82 Å². The number of carbonyl (C=O) groups is 1. The molecule has 0 unspecified atom stereocenters. The van der Waals surface area contributed by atoms with Gasteiger partial charge in [0.2, 0.25) is 0 Å². The maximum absolute atomic E-state index is 10.9. The molecule has 82 valence electrons. The molecule has 1 heterocycles. The van der Waals surface area contributed by atoms with Gasteiger partial charge in [-0.3, -0.25) is 5.10 Å². The number of anilines is 1. The standard InChI is InChI=1S/C7H11N3O2.2ClH/c1-5(7(11)12-2)9-6-3-4-8-10-6;;/h3-5H,1-2H3,(H2,8,9,10);2*1H/t5-;;/m0../s1. The van der Waals surface area contributed by atoms with Crippen LogP contribution >= 0.6 is 24.8 Å². The highest BCUT2D eigenvalue weighted by Gasteiger charge is 2.12. The number of aromatic nitrogens is 2. The second kappa shape index (κ2) is 7.46. The van der Waals surface area contributed by atoms with E-state index in [9.17, 15) is 4.79 Å². The first kappa shape index (κ1) is 15.5. The van der Waals surface area contributed by atoms with Crippen LogP contribution in [0.2, 0.25) is 0 Å². The van der Waals surface area contributed by atoms with Crippen LogP contribution < -0.4 is 5.32 Å². The number of aromatic amines is 1. The maximum Gasteiger partial charge on any atom is 0.328 e. The Morgan fingerprint density at radius 3 is 2.71 bits per heavy atom. The predicted molar refractivity (Wildman–Crippen MR) is 58.2 cm³/mol. The number of rotatable bonds is 3. The monoisotopic (exact) mass is 241 g/mol. The molecule has 1 rings (SSSR count). The van der Waals surface area contributed by atoms with Gasteiger partial charge in [-0.1, -0.05) is 0 Å². The van der Waals surface area contributed by atoms with Crippen LogP contribution in [0.25, 0.3) is 0 Å². The number of esters is 1. The molecule has 0 bridgehead atoms. The van der Waals surface area contributed by atoms with Crippen molar-refractivity contribution in [2.24, 2.45) is 0 Å². The molecule has 0 aliphatic heterocycles. The summed E-state index contributed by atoms with van der Waals surface area (Å²) in [4.78, 5) is 10.9. The molecule has 0 amide bonds. The molecule has 5 nitrogen and oxygen atoms in total. The fourth-order valence-corrected chi connectivity index (χ4v) is 0.805. The number of nitrogens with zero attached hydrogens (tertiary/aromatic N) is 1. The maximum atomic E-state index is 10.9. The number of H-pyrrole nitrogens is 1. The summed E-state index contributed by atoms with van der Waals surface area (Å²) in [6.45, 7) is 1.71. The lowest BCUT2D eigenvalue weighted by atomic mass is 10.3. The zero-order valence-corrected chi connectivity index (χ0v) is 9.45. The van der Waals surface area contributed by atoms with Crippen LogP contribution in [-0.4, -0.2) is 29.3 Å². The van der Waals surface area contributed by atoms with Crippen LogP contribution in [0.5, 0.6) is 0 Å². The van der Waals surface area contributed by atoms with Crippen molar-refractivity contribution in [3.8, 4) is 0 Å². The van der Waals surface area contributed by atoms with Crippen molar-refractivity contribution < 1.29 is 9.53 Å². The van der Waals surface area contributed by atoms with Gasteiger partial charge < -0.3 is 10.1 Å². The van der Waals surface area contributed by atoms with Crippen LogP contribution in [0.15, 0.2) is 12.3 Å². The van der Waals surface area contributed by atoms with Crippen molar-refractivity contribution in [2.75, 3.05) is 12.4 Å². The molecule has 2 N–H and O–H groups in total. The van der Waals surface area contributed by atoms with Crippen molar-refractivity contribution >= 4 is 36.6 Å². The van der Waals surface area contributed by atoms with E-state index in [1.54, 1.807) is 19.2 Å². The summed E-state index contributed by atoms with van der Waals surface area (Å²) in [5.74, 6) is 0.400. The average Bonchev–Trinajstić information content (AvgIpc) is 2.55. The van der Waals surface area contributed by atoms with E-state index < -0.39 is 0 Å². The fraction of sp³-hybridized carbons (Fsp3) is 0.429. The van der Waals surface area contributed by atoms with E-state index in [-0.39, 0.29) is 36.8 Å². The molecule has 0 saturated carbocycles. The normalized spacial score (nSPS) is 10.4. The van der Waals surface area contributed by atoms with E-state index in [1.807, 2.05) is 0 Å². The smallest absolute Gasteiger partial charge is 0.328 e. The number of carbonyl (C=O) groups excluding carboxylic acids is 1. The van der Waals surface area contributed by atoms with Crippen molar-refractivity contribution in [3.05, 3.63) is 12.3 Å². The van der Waals surface area contributed by atoms with Gasteiger partial charge >= 0.3 is 5.97 Å². The minimum absolute atomic E-state index is 0. The Labute approximate surface area is 94.4 Å². The molecule has 0 spiro atoms. The van der Waals surface area contributed by atoms with Gasteiger partial charge in [-0.05, 0) is 13.0 Å². The largest absolute Gasteiger partial charge is 0.467 e. The Morgan fingerprint density at radius 2 is 2.29 bits per heavy atom. The Balaban J connectivity index is 0. The number of nitrogens with one attached hydrogen (secondary N) is 2. The van der Waals surface area contributed by atoms with Crippen LogP contribution in [0.4, 0.5) is 5.82 Å². The zero-order valence-electron chi connectivity index (χ0n) is 7.81. The van der Waals surface area contributed by atoms with Gasteiger partial charge in [0.1, 0.15) is 11.9 Å². The molecule has 14 heavy (non-hydrogen) atoms. The predicted octanol–water partition coefficient (Wildman–Crippen LogP) is 1.23. The van der Waals surface area contributed by atoms with Gasteiger partial charge in [-0.15, -0.1) is 24.8 Å². The molecule has 0 aliphatic rings. The van der Waals surface area contributed by atoms with Crippen molar-refractivity contribution in [1.82, 2.24) is 10.2 Å². The summed E-state index contributed by atoms with van der Waals surface area (Å²) < 4.78 is 4.53. The highest BCUT2D eigenvalue weighted by atomic mass is 35.5. The molecule has 1 aromatic rings. The van der Waals surface area contributed by atoms with Gasteiger partial charge in [0.25, 0.3) is 0 Å². The van der Waals surface area contributed by atoms with E-state index in [0.717, 1.165) is 0 Å². The van der Waals surface area contributed by atoms with Crippen LogP contribution in [0.1, 0.15) is 6.92 Å². The van der Waals surface area contributed by atoms with Gasteiger partial charge in [0.05, 0.1) is 13.3 Å². The first-order chi connectivity index (χ1) is 5.74. The SMILES string of the molecule is COC(=O)[C@H](C)Nc1ccn[nH]1.Cl.Cl. The van der Waals surface area contributed by atoms with Crippen LogP contribution in [-0.2, 0) is 9.53 Å². The Kier molecular flexibility index (Phi) is 8.28. The third-order valence-electron chi connectivity index (χ3n) is 1.43. The van der Waals surface area contributed by atoms with E-state index in [1.165, 1.54) is 7.11 Å². The van der Waals surface area contributed by atoms with Gasteiger partial charge in [0.15, 0.2) is 0 Å². The fourth-order valence-electron chi connectivity index (χ4n) is 0.805. The first-order valence-corrected chi connectivity index (χ1v) is 3.58. The van der Waals surface area contributed by atoms with Crippen LogP contribution in [0, 0.1) is 0 Å². The summed E-state index contributed by atoms with van der Waals surface area (Å²) >= 11 is 0. The van der Waals surface area contributed by atoms with E-state index in [2.05, 4.69) is 20.3 Å². The molecule has 1 atom stereocenters. The van der Waals surface area contributed by atoms with E-state index >= 15 is 0 Å². The summed E-state index contributed by atoms with van der Waals surface area (Å²) in [6, 6.07) is 1.37. The molecular formula is C7H13Cl2N3O2. The van der Waals surface area contributed by atoms with Crippen molar-refractivity contribution in [2.45, 2.75) is 13.0 Å². The second-order valence-electron chi connectivity index (χ2n) is 2.36. The third kappa shape index (κ3) is 4.34. The molecule has 7 heteroatoms. The molecule has 0 aromatic carbocycles. The molecule has 0 fully saturated rings. The Hall–Kier alpha value is -0.940. The van der Waals surface area contributed by atoms with Crippen molar-refractivity contribution in [1.29, 1.82) is 0 Å². The molecule has 0 radical (unpaired) electrons. The van der Waals surface area contributed by atoms with Gasteiger partial charge in [-0.25, -0.2) is 4.79 Å². The number of hydrogen-bond acceptors (Lipinski definition) is 4. The quantitative estimate of drug-likeness (QED) is 0.782. The minimum atomic E-state index is -0.365. The lowest BCUT2D eigenvalue weighted by Gasteiger charge is -2.09. The highest BCUT2D eigenvalue weighted by molar-refractivity contribution is 5.85. The molecular weight excluding hydrogens is 229 g/mol. The number of hydrogen-bond donors (Lipinski definition) is 2. The van der Waals surface area contributed by atoms with Crippen LogP contribution in [0.3, 0.4) is 0 Å². The second-order valence-corrected chi connectivity index (χ2v) is 2.36. The lowest BCUT2D eigenvalue weighted by molar-refractivity contribution is -0.141. The average molecular weight is 242 g/mol. The van der Waals surface area contributed by atoms with Gasteiger partial charge in [0, 0.05) is 0 Å². The lowest BCUT2D eigenvalue weighted by Crippen LogP contribution is -2.27. The summed E-state index contributed by atoms with van der Waals surface area (Å²) in [7, 11) is 1.35. The summed E-state index contributed by atoms with van der Waals surface area (Å²) in [5, 5.41) is 9.28. The summed E-state index contributed by atoms with van der Waals surface area (Å²) in [6.07, 6.45) is 1.60. The van der Waals surface area contributed by atoms with Gasteiger partial charge in [-0.2, -0.15) is 5.10 Å². The number of ether oxygens (including phenoxy) is 1. The minimum Gasteiger partial charge on any atom is -0.467 e. The topological polar surface area (TPSA) is 67.0 Å². The molecule has 0 saturated heterocycles. The first-order valence-electron chi connectivity index (χ1n) is 3.58. The third-order valence-corrected chi connectivity index (χ3v) is 1.43. The van der Waals surface area contributed by atoms with E-state index in [4.69, 9.17) is 0 Å². The van der Waals surface area contributed by atoms with Crippen molar-refractivity contribution in [3.63, 3.8) is 0 Å². The zero-order chi connectivity index (χ0) is 8.97. The Morgan fingerprint density at radius 1 is 1.64 bits per heavy atom.